The summed E-state index contributed by atoms with van der Waals surface area (Å²) in [6.45, 7) is 4.45. The quantitative estimate of drug-likeness (QED) is 0.723. The van der Waals surface area contributed by atoms with Crippen LogP contribution in [-0.4, -0.2) is 34.0 Å². The average Bonchev–Trinajstić information content (AvgIpc) is 3.01. The Hall–Kier alpha value is -2.34. The predicted molar refractivity (Wildman–Crippen MR) is 93.7 cm³/mol. The molecule has 0 fully saturated rings. The summed E-state index contributed by atoms with van der Waals surface area (Å²) in [5, 5.41) is 19.9. The Morgan fingerprint density at radius 1 is 1.25 bits per heavy atom. The SMILES string of the molecule is CCc1ccc(CCNC(=O)NCC(C)(O)c2cnn(C)c2)cc1. The molecular weight excluding hydrogens is 304 g/mol. The first-order chi connectivity index (χ1) is 11.4. The summed E-state index contributed by atoms with van der Waals surface area (Å²) in [6.07, 6.45) is 5.13. The zero-order valence-corrected chi connectivity index (χ0v) is 14.5. The first kappa shape index (κ1) is 18.0. The Kier molecular flexibility index (Phi) is 5.98. The van der Waals surface area contributed by atoms with Gasteiger partial charge in [-0.25, -0.2) is 4.79 Å². The van der Waals surface area contributed by atoms with Crippen LogP contribution in [-0.2, 0) is 25.5 Å². The zero-order chi connectivity index (χ0) is 17.6. The Morgan fingerprint density at radius 2 is 1.92 bits per heavy atom. The molecule has 0 aliphatic heterocycles. The fourth-order valence-electron chi connectivity index (χ4n) is 2.38. The van der Waals surface area contributed by atoms with E-state index in [0.29, 0.717) is 12.1 Å². The average molecular weight is 330 g/mol. The molecule has 6 heteroatoms. The molecule has 1 atom stereocenters. The summed E-state index contributed by atoms with van der Waals surface area (Å²) >= 11 is 0. The number of rotatable bonds is 7. The highest BCUT2D eigenvalue weighted by atomic mass is 16.3. The van der Waals surface area contributed by atoms with Crippen LogP contribution in [0.15, 0.2) is 36.7 Å². The van der Waals surface area contributed by atoms with Gasteiger partial charge in [0, 0.05) is 25.4 Å². The maximum atomic E-state index is 11.9. The fraction of sp³-hybridized carbons (Fsp3) is 0.444. The second-order valence-electron chi connectivity index (χ2n) is 6.21. The number of hydrogen-bond donors (Lipinski definition) is 3. The van der Waals surface area contributed by atoms with Crippen LogP contribution in [0.3, 0.4) is 0 Å². The molecule has 1 heterocycles. The van der Waals surface area contributed by atoms with Crippen LogP contribution in [0.25, 0.3) is 0 Å². The van der Waals surface area contributed by atoms with Crippen LogP contribution < -0.4 is 10.6 Å². The first-order valence-corrected chi connectivity index (χ1v) is 8.21. The largest absolute Gasteiger partial charge is 0.383 e. The number of carbonyl (C=O) groups excluding carboxylic acids is 1. The van der Waals surface area contributed by atoms with Gasteiger partial charge in [-0.15, -0.1) is 0 Å². The summed E-state index contributed by atoms with van der Waals surface area (Å²) < 4.78 is 1.62. The lowest BCUT2D eigenvalue weighted by Gasteiger charge is -2.22. The molecule has 0 aliphatic rings. The van der Waals surface area contributed by atoms with Gasteiger partial charge in [-0.3, -0.25) is 4.68 Å². The monoisotopic (exact) mass is 330 g/mol. The third kappa shape index (κ3) is 5.09. The van der Waals surface area contributed by atoms with Gasteiger partial charge in [0.2, 0.25) is 0 Å². The van der Waals surface area contributed by atoms with E-state index in [0.717, 1.165) is 12.8 Å². The van der Waals surface area contributed by atoms with E-state index in [9.17, 15) is 9.90 Å². The van der Waals surface area contributed by atoms with E-state index >= 15 is 0 Å². The highest BCUT2D eigenvalue weighted by Gasteiger charge is 2.25. The summed E-state index contributed by atoms with van der Waals surface area (Å²) in [5.74, 6) is 0. The second-order valence-corrected chi connectivity index (χ2v) is 6.21. The van der Waals surface area contributed by atoms with Gasteiger partial charge in [0.15, 0.2) is 0 Å². The van der Waals surface area contributed by atoms with E-state index in [1.54, 1.807) is 31.0 Å². The van der Waals surface area contributed by atoms with Crippen LogP contribution in [0.2, 0.25) is 0 Å². The Morgan fingerprint density at radius 3 is 2.50 bits per heavy atom. The number of amides is 2. The molecule has 0 saturated heterocycles. The van der Waals surface area contributed by atoms with Crippen molar-refractivity contribution in [2.45, 2.75) is 32.3 Å². The Bertz CT molecular complexity index is 662. The first-order valence-electron chi connectivity index (χ1n) is 8.21. The molecule has 0 radical (unpaired) electrons. The van der Waals surface area contributed by atoms with Gasteiger partial charge >= 0.3 is 6.03 Å². The van der Waals surface area contributed by atoms with Crippen LogP contribution in [0, 0.1) is 0 Å². The predicted octanol–water partition coefficient (Wildman–Crippen LogP) is 1.73. The normalized spacial score (nSPS) is 13.3. The van der Waals surface area contributed by atoms with E-state index in [4.69, 9.17) is 0 Å². The number of aliphatic hydroxyl groups is 1. The van der Waals surface area contributed by atoms with E-state index in [-0.39, 0.29) is 12.6 Å². The van der Waals surface area contributed by atoms with Crippen molar-refractivity contribution in [1.29, 1.82) is 0 Å². The van der Waals surface area contributed by atoms with Crippen molar-refractivity contribution in [2.75, 3.05) is 13.1 Å². The molecule has 130 valence electrons. The van der Waals surface area contributed by atoms with Gasteiger partial charge in [-0.2, -0.15) is 5.10 Å². The maximum absolute atomic E-state index is 11.9. The number of nitrogens with zero attached hydrogens (tertiary/aromatic N) is 2. The molecule has 0 aliphatic carbocycles. The molecule has 2 amide bonds. The number of carbonyl (C=O) groups is 1. The Balaban J connectivity index is 1.73. The minimum absolute atomic E-state index is 0.121. The Labute approximate surface area is 142 Å². The van der Waals surface area contributed by atoms with E-state index in [2.05, 4.69) is 46.9 Å². The molecule has 0 bridgehead atoms. The molecule has 24 heavy (non-hydrogen) atoms. The molecular formula is C18H26N4O2. The van der Waals surface area contributed by atoms with E-state index in [1.807, 2.05) is 0 Å². The summed E-state index contributed by atoms with van der Waals surface area (Å²) in [6, 6.07) is 8.11. The van der Waals surface area contributed by atoms with Crippen LogP contribution in [0.5, 0.6) is 0 Å². The van der Waals surface area contributed by atoms with Crippen molar-refractivity contribution < 1.29 is 9.90 Å². The highest BCUT2D eigenvalue weighted by Crippen LogP contribution is 2.18. The van der Waals surface area contributed by atoms with Crippen molar-refractivity contribution in [3.8, 4) is 0 Å². The standard InChI is InChI=1S/C18H26N4O2/c1-4-14-5-7-15(8-6-14)9-10-19-17(23)20-13-18(2,24)16-11-21-22(3)12-16/h5-8,11-12,24H,4,9-10,13H2,1-3H3,(H2,19,20,23). The minimum atomic E-state index is -1.15. The molecule has 1 aromatic heterocycles. The van der Waals surface area contributed by atoms with E-state index < -0.39 is 5.60 Å². The lowest BCUT2D eigenvalue weighted by atomic mass is 10.00. The number of nitrogens with one attached hydrogen (secondary N) is 2. The zero-order valence-electron chi connectivity index (χ0n) is 14.5. The van der Waals surface area contributed by atoms with Gasteiger partial charge < -0.3 is 15.7 Å². The molecule has 0 saturated carbocycles. The van der Waals surface area contributed by atoms with Gasteiger partial charge in [0.05, 0.1) is 12.7 Å². The molecule has 1 aromatic carbocycles. The lowest BCUT2D eigenvalue weighted by Crippen LogP contribution is -2.43. The topological polar surface area (TPSA) is 79.2 Å². The highest BCUT2D eigenvalue weighted by molar-refractivity contribution is 5.73. The fourth-order valence-corrected chi connectivity index (χ4v) is 2.38. The van der Waals surface area contributed by atoms with Crippen molar-refractivity contribution >= 4 is 6.03 Å². The third-order valence-corrected chi connectivity index (χ3v) is 4.05. The van der Waals surface area contributed by atoms with Crippen molar-refractivity contribution in [1.82, 2.24) is 20.4 Å². The van der Waals surface area contributed by atoms with E-state index in [1.165, 1.54) is 11.1 Å². The number of urea groups is 1. The second kappa shape index (κ2) is 7.97. The number of aromatic nitrogens is 2. The lowest BCUT2D eigenvalue weighted by molar-refractivity contribution is 0.0593. The van der Waals surface area contributed by atoms with Crippen molar-refractivity contribution in [3.63, 3.8) is 0 Å². The van der Waals surface area contributed by atoms with Crippen LogP contribution in [0.1, 0.15) is 30.5 Å². The number of benzene rings is 1. The molecule has 2 rings (SSSR count). The summed E-state index contributed by atoms with van der Waals surface area (Å²) in [7, 11) is 1.78. The van der Waals surface area contributed by atoms with Gasteiger partial charge in [-0.05, 0) is 30.9 Å². The minimum Gasteiger partial charge on any atom is -0.383 e. The summed E-state index contributed by atoms with van der Waals surface area (Å²) in [4.78, 5) is 11.9. The number of aryl methyl sites for hydroxylation is 2. The maximum Gasteiger partial charge on any atom is 0.314 e. The van der Waals surface area contributed by atoms with Gasteiger partial charge in [-0.1, -0.05) is 31.2 Å². The third-order valence-electron chi connectivity index (χ3n) is 4.05. The molecule has 3 N–H and O–H groups in total. The van der Waals surface area contributed by atoms with Crippen LogP contribution >= 0.6 is 0 Å². The van der Waals surface area contributed by atoms with Gasteiger partial charge in [0.1, 0.15) is 5.60 Å². The molecule has 1 unspecified atom stereocenters. The molecule has 0 spiro atoms. The van der Waals surface area contributed by atoms with Crippen LogP contribution in [0.4, 0.5) is 4.79 Å². The van der Waals surface area contributed by atoms with Gasteiger partial charge in [0.25, 0.3) is 0 Å². The number of hydrogen-bond acceptors (Lipinski definition) is 3. The van der Waals surface area contributed by atoms with Crippen molar-refractivity contribution in [3.05, 3.63) is 53.3 Å². The summed E-state index contributed by atoms with van der Waals surface area (Å²) in [5.41, 5.74) is 2.01. The smallest absolute Gasteiger partial charge is 0.314 e. The molecule has 6 nitrogen and oxygen atoms in total. The molecule has 2 aromatic rings. The van der Waals surface area contributed by atoms with Crippen molar-refractivity contribution in [2.24, 2.45) is 7.05 Å².